The van der Waals surface area contributed by atoms with Gasteiger partial charge in [-0.15, -0.1) is 0 Å². The van der Waals surface area contributed by atoms with Crippen LogP contribution >= 0.6 is 0 Å². The van der Waals surface area contributed by atoms with Crippen molar-refractivity contribution in [1.82, 2.24) is 4.98 Å². The third kappa shape index (κ3) is 1.83. The van der Waals surface area contributed by atoms with Crippen LogP contribution in [0.3, 0.4) is 0 Å². The van der Waals surface area contributed by atoms with Crippen molar-refractivity contribution in [2.75, 3.05) is 0 Å². The summed E-state index contributed by atoms with van der Waals surface area (Å²) < 4.78 is 5.90. The maximum atomic E-state index is 6.53. The maximum Gasteiger partial charge on any atom is 0.215 e. The lowest BCUT2D eigenvalue weighted by molar-refractivity contribution is 0.201. The second kappa shape index (κ2) is 4.09. The second-order valence-corrected chi connectivity index (χ2v) is 5.80. The summed E-state index contributed by atoms with van der Waals surface area (Å²) in [5.74, 6) is 1.37. The molecule has 1 aromatic heterocycles. The fourth-order valence-corrected chi connectivity index (χ4v) is 3.09. The van der Waals surface area contributed by atoms with Gasteiger partial charge in [-0.1, -0.05) is 31.9 Å². The van der Waals surface area contributed by atoms with Crippen molar-refractivity contribution < 1.29 is 4.42 Å². The molecule has 2 atom stereocenters. The number of rotatable bonds is 1. The summed E-state index contributed by atoms with van der Waals surface area (Å²) in [7, 11) is 0. The van der Waals surface area contributed by atoms with Gasteiger partial charge in [-0.3, -0.25) is 0 Å². The predicted octanol–water partition coefficient (Wildman–Crippen LogP) is 3.50. The molecule has 96 valence electrons. The first kappa shape index (κ1) is 11.7. The first-order valence-electron chi connectivity index (χ1n) is 6.74. The highest BCUT2D eigenvalue weighted by Crippen LogP contribution is 2.38. The van der Waals surface area contributed by atoms with Crippen molar-refractivity contribution in [1.29, 1.82) is 0 Å². The van der Waals surface area contributed by atoms with Crippen LogP contribution in [0.25, 0.3) is 11.1 Å². The van der Waals surface area contributed by atoms with Crippen LogP contribution in [0.15, 0.2) is 22.6 Å². The van der Waals surface area contributed by atoms with Gasteiger partial charge in [0, 0.05) is 0 Å². The van der Waals surface area contributed by atoms with E-state index < -0.39 is 0 Å². The standard InChI is InChI=1S/C15H20N2O/c1-10-5-4-8-15(16,9-10)14-17-13-11(2)6-3-7-12(13)18-14/h3,6-7,10H,4-5,8-9,16H2,1-2H3. The molecular weight excluding hydrogens is 224 g/mol. The molecule has 0 bridgehead atoms. The van der Waals surface area contributed by atoms with Crippen LogP contribution in [0.5, 0.6) is 0 Å². The zero-order valence-electron chi connectivity index (χ0n) is 11.1. The summed E-state index contributed by atoms with van der Waals surface area (Å²) >= 11 is 0. The molecule has 1 fully saturated rings. The highest BCUT2D eigenvalue weighted by molar-refractivity contribution is 5.76. The highest BCUT2D eigenvalue weighted by Gasteiger charge is 2.37. The number of para-hydroxylation sites is 1. The Labute approximate surface area is 107 Å². The van der Waals surface area contributed by atoms with Gasteiger partial charge in [-0.25, -0.2) is 4.98 Å². The Kier molecular flexibility index (Phi) is 2.67. The molecule has 0 saturated heterocycles. The number of oxazole rings is 1. The minimum atomic E-state index is -0.372. The number of benzene rings is 1. The normalized spacial score (nSPS) is 28.7. The molecule has 0 amide bonds. The predicted molar refractivity (Wildman–Crippen MR) is 72.2 cm³/mol. The summed E-state index contributed by atoms with van der Waals surface area (Å²) in [5, 5.41) is 0. The minimum absolute atomic E-state index is 0.372. The summed E-state index contributed by atoms with van der Waals surface area (Å²) in [5.41, 5.74) is 9.11. The monoisotopic (exact) mass is 244 g/mol. The molecule has 18 heavy (non-hydrogen) atoms. The molecule has 1 heterocycles. The molecule has 1 aliphatic rings. The molecule has 1 aliphatic carbocycles. The number of hydrogen-bond acceptors (Lipinski definition) is 3. The molecule has 1 saturated carbocycles. The zero-order chi connectivity index (χ0) is 12.8. The molecule has 0 radical (unpaired) electrons. The Balaban J connectivity index is 2.06. The summed E-state index contributed by atoms with van der Waals surface area (Å²) in [6.45, 7) is 4.32. The molecule has 2 N–H and O–H groups in total. The molecule has 3 nitrogen and oxygen atoms in total. The fourth-order valence-electron chi connectivity index (χ4n) is 3.09. The van der Waals surface area contributed by atoms with E-state index in [-0.39, 0.29) is 5.54 Å². The molecule has 1 aromatic carbocycles. The lowest BCUT2D eigenvalue weighted by atomic mass is 9.77. The van der Waals surface area contributed by atoms with Gasteiger partial charge in [0.2, 0.25) is 5.89 Å². The summed E-state index contributed by atoms with van der Waals surface area (Å²) in [4.78, 5) is 4.65. The van der Waals surface area contributed by atoms with Crippen molar-refractivity contribution >= 4 is 11.1 Å². The van der Waals surface area contributed by atoms with Crippen LogP contribution in [-0.2, 0) is 5.54 Å². The van der Waals surface area contributed by atoms with Crippen LogP contribution in [0, 0.1) is 12.8 Å². The lowest BCUT2D eigenvalue weighted by Crippen LogP contribution is -2.41. The quantitative estimate of drug-likeness (QED) is 0.835. The molecule has 2 aromatic rings. The van der Waals surface area contributed by atoms with Gasteiger partial charge in [0.05, 0.1) is 5.54 Å². The third-order valence-electron chi connectivity index (χ3n) is 4.08. The number of aryl methyl sites for hydroxylation is 1. The van der Waals surface area contributed by atoms with E-state index in [1.807, 2.05) is 12.1 Å². The molecule has 2 unspecified atom stereocenters. The van der Waals surface area contributed by atoms with E-state index in [0.29, 0.717) is 5.92 Å². The van der Waals surface area contributed by atoms with Crippen LogP contribution in [-0.4, -0.2) is 4.98 Å². The van der Waals surface area contributed by atoms with E-state index in [1.54, 1.807) is 0 Å². The topological polar surface area (TPSA) is 52.0 Å². The number of aromatic nitrogens is 1. The van der Waals surface area contributed by atoms with Gasteiger partial charge in [-0.2, -0.15) is 0 Å². The first-order chi connectivity index (χ1) is 8.58. The average molecular weight is 244 g/mol. The number of nitrogens with two attached hydrogens (primary N) is 1. The van der Waals surface area contributed by atoms with E-state index in [4.69, 9.17) is 10.2 Å². The van der Waals surface area contributed by atoms with Gasteiger partial charge in [0.25, 0.3) is 0 Å². The van der Waals surface area contributed by atoms with Gasteiger partial charge in [0.15, 0.2) is 5.58 Å². The Bertz CT molecular complexity index is 575. The van der Waals surface area contributed by atoms with Gasteiger partial charge < -0.3 is 10.2 Å². The largest absolute Gasteiger partial charge is 0.439 e. The Morgan fingerprint density at radius 1 is 1.44 bits per heavy atom. The van der Waals surface area contributed by atoms with Crippen molar-refractivity contribution in [2.45, 2.75) is 45.1 Å². The second-order valence-electron chi connectivity index (χ2n) is 5.80. The molecule has 3 rings (SSSR count). The fraction of sp³-hybridized carbons (Fsp3) is 0.533. The van der Waals surface area contributed by atoms with E-state index in [1.165, 1.54) is 6.42 Å². The smallest absolute Gasteiger partial charge is 0.215 e. The Morgan fingerprint density at radius 2 is 2.28 bits per heavy atom. The van der Waals surface area contributed by atoms with E-state index in [2.05, 4.69) is 24.9 Å². The minimum Gasteiger partial charge on any atom is -0.439 e. The number of nitrogens with zero attached hydrogens (tertiary/aromatic N) is 1. The number of fused-ring (bicyclic) bond motifs is 1. The molecule has 0 spiro atoms. The van der Waals surface area contributed by atoms with Gasteiger partial charge in [0.1, 0.15) is 5.52 Å². The zero-order valence-corrected chi connectivity index (χ0v) is 11.1. The molecule has 0 aliphatic heterocycles. The molecular formula is C15H20N2O. The van der Waals surface area contributed by atoms with E-state index >= 15 is 0 Å². The lowest BCUT2D eigenvalue weighted by Gasteiger charge is -2.33. The molecule has 3 heteroatoms. The van der Waals surface area contributed by atoms with E-state index in [0.717, 1.165) is 41.8 Å². The van der Waals surface area contributed by atoms with Gasteiger partial charge >= 0.3 is 0 Å². The van der Waals surface area contributed by atoms with Crippen molar-refractivity contribution in [3.8, 4) is 0 Å². The van der Waals surface area contributed by atoms with Crippen LogP contribution in [0.2, 0.25) is 0 Å². The van der Waals surface area contributed by atoms with E-state index in [9.17, 15) is 0 Å². The average Bonchev–Trinajstić information content (AvgIpc) is 2.75. The van der Waals surface area contributed by atoms with Crippen molar-refractivity contribution in [3.63, 3.8) is 0 Å². The summed E-state index contributed by atoms with van der Waals surface area (Å²) in [6, 6.07) is 6.02. The Hall–Kier alpha value is -1.35. The Morgan fingerprint density at radius 3 is 3.00 bits per heavy atom. The van der Waals surface area contributed by atoms with Crippen LogP contribution in [0.4, 0.5) is 0 Å². The van der Waals surface area contributed by atoms with Crippen molar-refractivity contribution in [3.05, 3.63) is 29.7 Å². The SMILES string of the molecule is Cc1cccc2oc(C3(N)CCCC(C)C3)nc12. The third-order valence-corrected chi connectivity index (χ3v) is 4.08. The first-order valence-corrected chi connectivity index (χ1v) is 6.74. The highest BCUT2D eigenvalue weighted by atomic mass is 16.4. The van der Waals surface area contributed by atoms with Crippen LogP contribution < -0.4 is 5.73 Å². The van der Waals surface area contributed by atoms with Crippen molar-refractivity contribution in [2.24, 2.45) is 11.7 Å². The summed E-state index contributed by atoms with van der Waals surface area (Å²) in [6.07, 6.45) is 4.37. The maximum absolute atomic E-state index is 6.53. The van der Waals surface area contributed by atoms with Crippen LogP contribution in [0.1, 0.15) is 44.1 Å². The number of hydrogen-bond donors (Lipinski definition) is 1. The van der Waals surface area contributed by atoms with Gasteiger partial charge in [-0.05, 0) is 37.3 Å².